The maximum Gasteiger partial charge on any atom is 0.151 e. The highest BCUT2D eigenvalue weighted by molar-refractivity contribution is 6.16. The Morgan fingerprint density at radius 3 is 2.52 bits per heavy atom. The first-order valence-corrected chi connectivity index (χ1v) is 8.08. The van der Waals surface area contributed by atoms with E-state index in [1.165, 1.54) is 6.42 Å². The fraction of sp³-hybridized carbons (Fsp3) is 0.471. The zero-order valence-corrected chi connectivity index (χ0v) is 12.7. The molecule has 1 aliphatic rings. The third-order valence-electron chi connectivity index (χ3n) is 4.49. The lowest BCUT2D eigenvalue weighted by molar-refractivity contribution is -0.00678. The van der Waals surface area contributed by atoms with Crippen molar-refractivity contribution in [1.29, 1.82) is 0 Å². The summed E-state index contributed by atoms with van der Waals surface area (Å²) in [5.74, 6) is 1.03. The lowest BCUT2D eigenvalue weighted by Crippen LogP contribution is -2.38. The minimum absolute atomic E-state index is 0.168. The maximum atomic E-state index is 11.5. The van der Waals surface area contributed by atoms with Gasteiger partial charge in [0, 0.05) is 6.07 Å². The number of alkyl halides is 1. The monoisotopic (exact) mass is 305 g/mol. The van der Waals surface area contributed by atoms with Crippen molar-refractivity contribution in [3.05, 3.63) is 53.4 Å². The van der Waals surface area contributed by atoms with Gasteiger partial charge in [0.25, 0.3) is 0 Å². The van der Waals surface area contributed by atoms with E-state index in [1.807, 2.05) is 30.3 Å². The van der Waals surface area contributed by atoms with Gasteiger partial charge >= 0.3 is 0 Å². The SMILES string of the molecule is OC(c1ccccc1)(c1cc(CCl)on1)C1CCCCC1. The topological polar surface area (TPSA) is 46.3 Å². The molecule has 0 saturated heterocycles. The van der Waals surface area contributed by atoms with Gasteiger partial charge in [-0.3, -0.25) is 0 Å². The Labute approximate surface area is 129 Å². The van der Waals surface area contributed by atoms with Crippen molar-refractivity contribution in [2.75, 3.05) is 0 Å². The van der Waals surface area contributed by atoms with Crippen LogP contribution in [0.25, 0.3) is 0 Å². The first-order valence-electron chi connectivity index (χ1n) is 7.55. The first kappa shape index (κ1) is 14.6. The third kappa shape index (κ3) is 2.72. The van der Waals surface area contributed by atoms with E-state index in [-0.39, 0.29) is 11.8 Å². The predicted molar refractivity (Wildman–Crippen MR) is 82.1 cm³/mol. The number of nitrogens with zero attached hydrogens (tertiary/aromatic N) is 1. The number of aliphatic hydroxyl groups is 1. The van der Waals surface area contributed by atoms with Crippen molar-refractivity contribution in [1.82, 2.24) is 5.16 Å². The quantitative estimate of drug-likeness (QED) is 0.860. The Morgan fingerprint density at radius 1 is 1.19 bits per heavy atom. The van der Waals surface area contributed by atoms with E-state index in [0.717, 1.165) is 31.2 Å². The van der Waals surface area contributed by atoms with Gasteiger partial charge in [0.05, 0.1) is 5.88 Å². The van der Waals surface area contributed by atoms with Crippen molar-refractivity contribution in [2.24, 2.45) is 5.92 Å². The van der Waals surface area contributed by atoms with Gasteiger partial charge < -0.3 is 9.63 Å². The molecule has 4 heteroatoms. The minimum atomic E-state index is -1.09. The van der Waals surface area contributed by atoms with E-state index in [2.05, 4.69) is 5.16 Å². The number of aromatic nitrogens is 1. The van der Waals surface area contributed by atoms with Crippen LogP contribution in [0.2, 0.25) is 0 Å². The van der Waals surface area contributed by atoms with Crippen LogP contribution in [0.5, 0.6) is 0 Å². The summed E-state index contributed by atoms with van der Waals surface area (Å²) in [5, 5.41) is 15.6. The fourth-order valence-electron chi connectivity index (χ4n) is 3.36. The highest BCUT2D eigenvalue weighted by Gasteiger charge is 2.43. The molecule has 21 heavy (non-hydrogen) atoms. The lowest BCUT2D eigenvalue weighted by Gasteiger charge is -2.37. The van der Waals surface area contributed by atoms with Crippen LogP contribution in [-0.4, -0.2) is 10.3 Å². The Bertz CT molecular complexity index is 577. The molecule has 3 rings (SSSR count). The number of hydrogen-bond donors (Lipinski definition) is 1. The fourth-order valence-corrected chi connectivity index (χ4v) is 3.49. The molecule has 1 unspecified atom stereocenters. The van der Waals surface area contributed by atoms with Crippen LogP contribution in [0, 0.1) is 5.92 Å². The van der Waals surface area contributed by atoms with Gasteiger partial charge in [-0.15, -0.1) is 11.6 Å². The molecule has 3 nitrogen and oxygen atoms in total. The van der Waals surface area contributed by atoms with E-state index < -0.39 is 5.60 Å². The minimum Gasteiger partial charge on any atom is -0.378 e. The summed E-state index contributed by atoms with van der Waals surface area (Å²) < 4.78 is 5.23. The summed E-state index contributed by atoms with van der Waals surface area (Å²) in [6, 6.07) is 11.6. The molecule has 112 valence electrons. The van der Waals surface area contributed by atoms with E-state index in [0.29, 0.717) is 11.5 Å². The number of rotatable bonds is 4. The average Bonchev–Trinajstić information content (AvgIpc) is 3.05. The molecule has 0 aliphatic heterocycles. The number of benzene rings is 1. The van der Waals surface area contributed by atoms with Crippen LogP contribution in [0.1, 0.15) is 49.1 Å². The van der Waals surface area contributed by atoms with Gasteiger partial charge in [0.1, 0.15) is 11.3 Å². The molecule has 1 saturated carbocycles. The van der Waals surface area contributed by atoms with Gasteiger partial charge in [-0.05, 0) is 24.3 Å². The van der Waals surface area contributed by atoms with Crippen molar-refractivity contribution in [3.63, 3.8) is 0 Å². The van der Waals surface area contributed by atoms with Crippen molar-refractivity contribution in [2.45, 2.75) is 43.6 Å². The van der Waals surface area contributed by atoms with Crippen molar-refractivity contribution >= 4 is 11.6 Å². The molecule has 0 radical (unpaired) electrons. The molecular formula is C17H20ClNO2. The summed E-state index contributed by atoms with van der Waals surface area (Å²) >= 11 is 5.81. The summed E-state index contributed by atoms with van der Waals surface area (Å²) in [4.78, 5) is 0. The van der Waals surface area contributed by atoms with Gasteiger partial charge in [-0.25, -0.2) is 0 Å². The van der Waals surface area contributed by atoms with Crippen molar-refractivity contribution in [3.8, 4) is 0 Å². The molecule has 1 aromatic carbocycles. The molecule has 1 heterocycles. The molecule has 1 N–H and O–H groups in total. The van der Waals surface area contributed by atoms with E-state index in [9.17, 15) is 5.11 Å². The Balaban J connectivity index is 2.05. The summed E-state index contributed by atoms with van der Waals surface area (Å²) in [5.41, 5.74) is 0.373. The summed E-state index contributed by atoms with van der Waals surface area (Å²) in [6.07, 6.45) is 5.57. The van der Waals surface area contributed by atoms with Gasteiger partial charge in [-0.1, -0.05) is 54.8 Å². The van der Waals surface area contributed by atoms with Crippen molar-refractivity contribution < 1.29 is 9.63 Å². The zero-order valence-electron chi connectivity index (χ0n) is 12.0. The van der Waals surface area contributed by atoms with Gasteiger partial charge in [-0.2, -0.15) is 0 Å². The molecule has 1 aromatic heterocycles. The number of halogens is 1. The molecule has 0 amide bonds. The van der Waals surface area contributed by atoms with E-state index in [1.54, 1.807) is 6.07 Å². The largest absolute Gasteiger partial charge is 0.378 e. The van der Waals surface area contributed by atoms with E-state index >= 15 is 0 Å². The second kappa shape index (κ2) is 6.20. The molecule has 1 aliphatic carbocycles. The standard InChI is InChI=1S/C17H20ClNO2/c18-12-15-11-16(19-21-15)17(20,13-7-3-1-4-8-13)14-9-5-2-6-10-14/h1,3-4,7-8,11,14,20H,2,5-6,9-10,12H2. The van der Waals surface area contributed by atoms with Crippen LogP contribution in [-0.2, 0) is 11.5 Å². The normalized spacial score (nSPS) is 19.3. The summed E-state index contributed by atoms with van der Waals surface area (Å²) in [7, 11) is 0. The number of hydrogen-bond acceptors (Lipinski definition) is 3. The second-order valence-electron chi connectivity index (χ2n) is 5.78. The molecule has 1 fully saturated rings. The van der Waals surface area contributed by atoms with Gasteiger partial charge in [0.15, 0.2) is 5.76 Å². The summed E-state index contributed by atoms with van der Waals surface area (Å²) in [6.45, 7) is 0. The van der Waals surface area contributed by atoms with Crippen LogP contribution >= 0.6 is 11.6 Å². The van der Waals surface area contributed by atoms with Crippen LogP contribution in [0.3, 0.4) is 0 Å². The van der Waals surface area contributed by atoms with Crippen LogP contribution in [0.4, 0.5) is 0 Å². The molecule has 0 spiro atoms. The zero-order chi connectivity index (χ0) is 14.7. The molecular weight excluding hydrogens is 286 g/mol. The Hall–Kier alpha value is -1.32. The molecule has 2 aromatic rings. The smallest absolute Gasteiger partial charge is 0.151 e. The Kier molecular flexibility index (Phi) is 4.32. The lowest BCUT2D eigenvalue weighted by atomic mass is 9.71. The van der Waals surface area contributed by atoms with Crippen LogP contribution in [0.15, 0.2) is 40.9 Å². The highest BCUT2D eigenvalue weighted by atomic mass is 35.5. The first-order chi connectivity index (χ1) is 10.2. The predicted octanol–water partition coefficient (Wildman–Crippen LogP) is 4.23. The highest BCUT2D eigenvalue weighted by Crippen LogP contribution is 2.43. The molecule has 1 atom stereocenters. The Morgan fingerprint density at radius 2 is 1.90 bits per heavy atom. The third-order valence-corrected chi connectivity index (χ3v) is 4.75. The maximum absolute atomic E-state index is 11.5. The molecule has 0 bridgehead atoms. The second-order valence-corrected chi connectivity index (χ2v) is 6.05. The van der Waals surface area contributed by atoms with Crippen LogP contribution < -0.4 is 0 Å². The van der Waals surface area contributed by atoms with E-state index in [4.69, 9.17) is 16.1 Å². The van der Waals surface area contributed by atoms with Gasteiger partial charge in [0.2, 0.25) is 0 Å². The average molecular weight is 306 g/mol.